The van der Waals surface area contributed by atoms with Crippen LogP contribution in [0.3, 0.4) is 0 Å². The van der Waals surface area contributed by atoms with E-state index in [1.165, 1.54) is 12.8 Å². The second-order valence-electron chi connectivity index (χ2n) is 5.35. The van der Waals surface area contributed by atoms with Gasteiger partial charge in [0.15, 0.2) is 0 Å². The Morgan fingerprint density at radius 2 is 2.18 bits per heavy atom. The van der Waals surface area contributed by atoms with E-state index in [9.17, 15) is 4.79 Å². The molecule has 1 amide bonds. The number of hydrogen-bond acceptors (Lipinski definition) is 2. The number of likely N-dealkylation sites (tertiary alicyclic amines) is 1. The van der Waals surface area contributed by atoms with E-state index in [1.54, 1.807) is 0 Å². The van der Waals surface area contributed by atoms with E-state index in [-0.39, 0.29) is 0 Å². The topological polar surface area (TPSA) is 32.3 Å². The molecular weight excluding hydrogens is 212 g/mol. The Kier molecular flexibility index (Phi) is 6.56. The summed E-state index contributed by atoms with van der Waals surface area (Å²) in [6.07, 6.45) is 4.25. The van der Waals surface area contributed by atoms with Gasteiger partial charge in [0.2, 0.25) is 5.91 Å². The predicted molar refractivity (Wildman–Crippen MR) is 71.9 cm³/mol. The smallest absolute Gasteiger partial charge is 0.222 e. The van der Waals surface area contributed by atoms with Crippen molar-refractivity contribution in [2.24, 2.45) is 11.8 Å². The van der Waals surface area contributed by atoms with Gasteiger partial charge in [-0.1, -0.05) is 27.2 Å². The third-order valence-electron chi connectivity index (χ3n) is 3.78. The lowest BCUT2D eigenvalue weighted by molar-refractivity contribution is -0.131. The largest absolute Gasteiger partial charge is 0.342 e. The predicted octanol–water partition coefficient (Wildman–Crippen LogP) is 2.27. The Bertz CT molecular complexity index is 230. The lowest BCUT2D eigenvalue weighted by atomic mass is 9.98. The number of nitrogens with zero attached hydrogens (tertiary/aromatic N) is 1. The third-order valence-corrected chi connectivity index (χ3v) is 3.78. The molecule has 1 heterocycles. The van der Waals surface area contributed by atoms with Gasteiger partial charge in [-0.3, -0.25) is 4.79 Å². The zero-order valence-electron chi connectivity index (χ0n) is 11.7. The van der Waals surface area contributed by atoms with E-state index in [4.69, 9.17) is 0 Å². The second kappa shape index (κ2) is 7.70. The van der Waals surface area contributed by atoms with E-state index in [0.717, 1.165) is 44.9 Å². The molecule has 0 saturated carbocycles. The molecule has 0 bridgehead atoms. The molecule has 2 unspecified atom stereocenters. The number of amides is 1. The zero-order chi connectivity index (χ0) is 12.7. The van der Waals surface area contributed by atoms with Crippen molar-refractivity contribution in [3.8, 4) is 0 Å². The van der Waals surface area contributed by atoms with E-state index in [2.05, 4.69) is 31.0 Å². The summed E-state index contributed by atoms with van der Waals surface area (Å²) in [6, 6.07) is 0. The minimum atomic E-state index is 0.365. The van der Waals surface area contributed by atoms with Crippen LogP contribution in [0, 0.1) is 11.8 Å². The number of carbonyl (C=O) groups is 1. The van der Waals surface area contributed by atoms with Crippen LogP contribution in [0.4, 0.5) is 0 Å². The van der Waals surface area contributed by atoms with E-state index < -0.39 is 0 Å². The Balaban J connectivity index is 2.38. The summed E-state index contributed by atoms with van der Waals surface area (Å²) in [4.78, 5) is 14.1. The average molecular weight is 240 g/mol. The standard InChI is InChI=1S/C14H28N2O/c1-4-13-6-7-14(17)16(9-8-13)11-12(3)10-15-5-2/h12-13,15H,4-11H2,1-3H3. The van der Waals surface area contributed by atoms with Gasteiger partial charge in [-0.25, -0.2) is 0 Å². The van der Waals surface area contributed by atoms with Crippen LogP contribution in [-0.2, 0) is 4.79 Å². The van der Waals surface area contributed by atoms with Crippen LogP contribution < -0.4 is 5.32 Å². The first-order valence-electron chi connectivity index (χ1n) is 7.15. The van der Waals surface area contributed by atoms with Gasteiger partial charge in [0.05, 0.1) is 0 Å². The molecule has 0 radical (unpaired) electrons. The summed E-state index contributed by atoms with van der Waals surface area (Å²) in [7, 11) is 0. The normalized spacial score (nSPS) is 23.6. The first kappa shape index (κ1) is 14.5. The van der Waals surface area contributed by atoms with Crippen molar-refractivity contribution in [3.63, 3.8) is 0 Å². The first-order valence-corrected chi connectivity index (χ1v) is 7.15. The molecule has 0 aromatic heterocycles. The summed E-state index contributed by atoms with van der Waals surface area (Å²) in [5.74, 6) is 1.68. The van der Waals surface area contributed by atoms with Gasteiger partial charge < -0.3 is 10.2 Å². The van der Waals surface area contributed by atoms with Crippen molar-refractivity contribution in [2.75, 3.05) is 26.2 Å². The van der Waals surface area contributed by atoms with Crippen LogP contribution in [0.15, 0.2) is 0 Å². The summed E-state index contributed by atoms with van der Waals surface area (Å²) < 4.78 is 0. The highest BCUT2D eigenvalue weighted by Crippen LogP contribution is 2.21. The van der Waals surface area contributed by atoms with Crippen molar-refractivity contribution in [2.45, 2.75) is 46.5 Å². The van der Waals surface area contributed by atoms with Gasteiger partial charge in [-0.15, -0.1) is 0 Å². The van der Waals surface area contributed by atoms with Crippen molar-refractivity contribution in [1.29, 1.82) is 0 Å². The number of nitrogens with one attached hydrogen (secondary N) is 1. The molecule has 1 fully saturated rings. The minimum absolute atomic E-state index is 0.365. The maximum absolute atomic E-state index is 12.0. The minimum Gasteiger partial charge on any atom is -0.342 e. The van der Waals surface area contributed by atoms with E-state index >= 15 is 0 Å². The molecule has 17 heavy (non-hydrogen) atoms. The lowest BCUT2D eigenvalue weighted by Gasteiger charge is -2.24. The van der Waals surface area contributed by atoms with Crippen LogP contribution in [0.1, 0.15) is 46.5 Å². The van der Waals surface area contributed by atoms with Crippen LogP contribution in [0.2, 0.25) is 0 Å². The summed E-state index contributed by atoms with van der Waals surface area (Å²) in [5, 5.41) is 3.35. The van der Waals surface area contributed by atoms with Crippen LogP contribution in [0.25, 0.3) is 0 Å². The molecule has 3 heteroatoms. The van der Waals surface area contributed by atoms with E-state index in [0.29, 0.717) is 11.8 Å². The number of hydrogen-bond donors (Lipinski definition) is 1. The average Bonchev–Trinajstić information content (AvgIpc) is 2.50. The van der Waals surface area contributed by atoms with Gasteiger partial charge in [0.25, 0.3) is 0 Å². The SMILES string of the molecule is CCNCC(C)CN1CCC(CC)CCC1=O. The molecule has 1 N–H and O–H groups in total. The number of rotatable bonds is 6. The Labute approximate surface area is 106 Å². The first-order chi connectivity index (χ1) is 8.17. The molecule has 0 spiro atoms. The van der Waals surface area contributed by atoms with Crippen molar-refractivity contribution < 1.29 is 4.79 Å². The molecule has 1 saturated heterocycles. The fourth-order valence-corrected chi connectivity index (χ4v) is 2.53. The molecule has 1 rings (SSSR count). The fourth-order valence-electron chi connectivity index (χ4n) is 2.53. The Morgan fingerprint density at radius 1 is 1.41 bits per heavy atom. The maximum atomic E-state index is 12.0. The van der Waals surface area contributed by atoms with Crippen molar-refractivity contribution in [3.05, 3.63) is 0 Å². The van der Waals surface area contributed by atoms with Crippen LogP contribution in [0.5, 0.6) is 0 Å². The van der Waals surface area contributed by atoms with Gasteiger partial charge in [-0.2, -0.15) is 0 Å². The van der Waals surface area contributed by atoms with Crippen molar-refractivity contribution >= 4 is 5.91 Å². The fraction of sp³-hybridized carbons (Fsp3) is 0.929. The quantitative estimate of drug-likeness (QED) is 0.772. The van der Waals surface area contributed by atoms with Crippen molar-refractivity contribution in [1.82, 2.24) is 10.2 Å². The summed E-state index contributed by atoms with van der Waals surface area (Å²) in [6.45, 7) is 10.5. The molecule has 100 valence electrons. The maximum Gasteiger partial charge on any atom is 0.222 e. The van der Waals surface area contributed by atoms with E-state index in [1.807, 2.05) is 0 Å². The van der Waals surface area contributed by atoms with Gasteiger partial charge in [0, 0.05) is 19.5 Å². The number of carbonyl (C=O) groups excluding carboxylic acids is 1. The zero-order valence-corrected chi connectivity index (χ0v) is 11.7. The molecule has 1 aliphatic rings. The highest BCUT2D eigenvalue weighted by Gasteiger charge is 2.22. The molecule has 1 aliphatic heterocycles. The van der Waals surface area contributed by atoms with Gasteiger partial charge in [-0.05, 0) is 37.8 Å². The second-order valence-corrected chi connectivity index (χ2v) is 5.35. The molecule has 0 aromatic carbocycles. The highest BCUT2D eigenvalue weighted by atomic mass is 16.2. The molecule has 2 atom stereocenters. The van der Waals surface area contributed by atoms with Gasteiger partial charge >= 0.3 is 0 Å². The Morgan fingerprint density at radius 3 is 2.82 bits per heavy atom. The van der Waals surface area contributed by atoms with Crippen LogP contribution in [-0.4, -0.2) is 37.0 Å². The molecule has 0 aliphatic carbocycles. The van der Waals surface area contributed by atoms with Crippen LogP contribution >= 0.6 is 0 Å². The Hall–Kier alpha value is -0.570. The summed E-state index contributed by atoms with van der Waals surface area (Å²) >= 11 is 0. The monoisotopic (exact) mass is 240 g/mol. The molecule has 3 nitrogen and oxygen atoms in total. The summed E-state index contributed by atoms with van der Waals surface area (Å²) in [5.41, 5.74) is 0. The van der Waals surface area contributed by atoms with Gasteiger partial charge in [0.1, 0.15) is 0 Å². The highest BCUT2D eigenvalue weighted by molar-refractivity contribution is 5.76. The lowest BCUT2D eigenvalue weighted by Crippen LogP contribution is -2.37. The third kappa shape index (κ3) is 5.07. The molecule has 0 aromatic rings. The molecular formula is C14H28N2O.